The van der Waals surface area contributed by atoms with Crippen molar-refractivity contribution in [3.63, 3.8) is 0 Å². The van der Waals surface area contributed by atoms with Gasteiger partial charge in [-0.1, -0.05) is 23.4 Å². The van der Waals surface area contributed by atoms with Crippen LogP contribution in [0.3, 0.4) is 0 Å². The number of benzene rings is 2. The van der Waals surface area contributed by atoms with Crippen LogP contribution in [0.5, 0.6) is 5.75 Å². The summed E-state index contributed by atoms with van der Waals surface area (Å²) in [7, 11) is 0. The zero-order valence-electron chi connectivity index (χ0n) is 16.2. The van der Waals surface area contributed by atoms with Gasteiger partial charge in [0.25, 0.3) is 5.91 Å². The molecule has 0 bridgehead atoms. The lowest BCUT2D eigenvalue weighted by Crippen LogP contribution is -2.21. The molecule has 150 valence electrons. The highest BCUT2D eigenvalue weighted by Crippen LogP contribution is 2.18. The van der Waals surface area contributed by atoms with Crippen molar-refractivity contribution in [1.82, 2.24) is 15.0 Å². The van der Waals surface area contributed by atoms with E-state index in [4.69, 9.17) is 10.5 Å². The number of para-hydroxylation sites is 1. The number of hydrogen-bond donors (Lipinski definition) is 3. The molecule has 0 saturated carbocycles. The Hall–Kier alpha value is -3.88. The number of nitrogens with two attached hydrogens (primary N) is 1. The molecule has 0 unspecified atom stereocenters. The van der Waals surface area contributed by atoms with Gasteiger partial charge in [-0.15, -0.1) is 5.10 Å². The highest BCUT2D eigenvalue weighted by Gasteiger charge is 2.19. The summed E-state index contributed by atoms with van der Waals surface area (Å²) in [4.78, 5) is 24.7. The molecule has 4 N–H and O–H groups in total. The van der Waals surface area contributed by atoms with Gasteiger partial charge in [-0.05, 0) is 49.7 Å². The molecule has 0 radical (unpaired) electrons. The maximum absolute atomic E-state index is 12.4. The highest BCUT2D eigenvalue weighted by molar-refractivity contribution is 6.05. The van der Waals surface area contributed by atoms with E-state index in [0.717, 1.165) is 5.56 Å². The van der Waals surface area contributed by atoms with Crippen LogP contribution in [0.2, 0.25) is 0 Å². The predicted molar refractivity (Wildman–Crippen MR) is 110 cm³/mol. The van der Waals surface area contributed by atoms with Crippen LogP contribution in [0.4, 0.5) is 17.2 Å². The lowest BCUT2D eigenvalue weighted by Gasteiger charge is -2.08. The van der Waals surface area contributed by atoms with Crippen molar-refractivity contribution in [3.05, 3.63) is 59.8 Å². The lowest BCUT2D eigenvalue weighted by molar-refractivity contribution is -0.116. The number of amides is 2. The summed E-state index contributed by atoms with van der Waals surface area (Å²) in [5.74, 6) is -0.129. The van der Waals surface area contributed by atoms with Crippen LogP contribution in [0.15, 0.2) is 48.5 Å². The molecule has 1 heterocycles. The minimum atomic E-state index is -0.516. The number of aryl methyl sites for hydroxylation is 1. The number of hydrogen-bond acceptors (Lipinski definition) is 6. The summed E-state index contributed by atoms with van der Waals surface area (Å²) in [5.41, 5.74) is 8.11. The van der Waals surface area contributed by atoms with Gasteiger partial charge in [0, 0.05) is 11.4 Å². The number of carbonyl (C=O) groups excluding carboxylic acids is 2. The molecule has 0 aliphatic carbocycles. The van der Waals surface area contributed by atoms with Crippen LogP contribution in [0, 0.1) is 6.92 Å². The fourth-order valence-corrected chi connectivity index (χ4v) is 2.63. The van der Waals surface area contributed by atoms with Crippen molar-refractivity contribution in [1.29, 1.82) is 0 Å². The van der Waals surface area contributed by atoms with Crippen molar-refractivity contribution in [2.75, 3.05) is 23.0 Å². The molecule has 0 fully saturated rings. The second-order valence-corrected chi connectivity index (χ2v) is 6.26. The van der Waals surface area contributed by atoms with Gasteiger partial charge >= 0.3 is 0 Å². The third-order valence-corrected chi connectivity index (χ3v) is 4.12. The zero-order valence-corrected chi connectivity index (χ0v) is 16.2. The van der Waals surface area contributed by atoms with Crippen LogP contribution < -0.4 is 21.1 Å². The zero-order chi connectivity index (χ0) is 20.8. The molecule has 9 heteroatoms. The molecule has 1 aromatic heterocycles. The normalized spacial score (nSPS) is 10.4. The molecule has 29 heavy (non-hydrogen) atoms. The van der Waals surface area contributed by atoms with Crippen LogP contribution in [-0.2, 0) is 11.3 Å². The average molecular weight is 394 g/mol. The van der Waals surface area contributed by atoms with Gasteiger partial charge in [0.1, 0.15) is 12.3 Å². The molecule has 3 aromatic rings. The Morgan fingerprint density at radius 2 is 1.83 bits per heavy atom. The third kappa shape index (κ3) is 4.89. The number of ether oxygens (including phenoxy) is 1. The van der Waals surface area contributed by atoms with Gasteiger partial charge in [-0.2, -0.15) is 0 Å². The highest BCUT2D eigenvalue weighted by atomic mass is 16.5. The van der Waals surface area contributed by atoms with E-state index in [1.807, 2.05) is 32.0 Å². The molecular weight excluding hydrogens is 372 g/mol. The van der Waals surface area contributed by atoms with Gasteiger partial charge in [0.05, 0.1) is 6.61 Å². The van der Waals surface area contributed by atoms with Crippen LogP contribution >= 0.6 is 0 Å². The SMILES string of the molecule is CCOc1ccc(NC(=O)c2nnn(CC(=O)Nc3ccccc3C)c2N)cc1. The first-order valence-corrected chi connectivity index (χ1v) is 9.06. The summed E-state index contributed by atoms with van der Waals surface area (Å²) in [5, 5.41) is 13.1. The first-order chi connectivity index (χ1) is 14.0. The van der Waals surface area contributed by atoms with Gasteiger partial charge in [0.2, 0.25) is 5.91 Å². The standard InChI is InChI=1S/C20H22N6O3/c1-3-29-15-10-8-14(9-11-15)22-20(28)18-19(21)26(25-24-18)12-17(27)23-16-7-5-4-6-13(16)2/h4-11H,3,12,21H2,1-2H3,(H,22,28)(H,23,27). The molecule has 0 aliphatic heterocycles. The summed E-state index contributed by atoms with van der Waals surface area (Å²) in [6, 6.07) is 14.3. The fourth-order valence-electron chi connectivity index (χ4n) is 2.63. The van der Waals surface area contributed by atoms with Gasteiger partial charge in [-0.3, -0.25) is 9.59 Å². The maximum Gasteiger partial charge on any atom is 0.280 e. The number of nitrogens with one attached hydrogen (secondary N) is 2. The van der Waals surface area contributed by atoms with Crippen molar-refractivity contribution in [2.45, 2.75) is 20.4 Å². The molecule has 0 saturated heterocycles. The molecule has 2 amide bonds. The topological polar surface area (TPSA) is 124 Å². The van der Waals surface area contributed by atoms with Gasteiger partial charge < -0.3 is 21.1 Å². The van der Waals surface area contributed by atoms with Crippen molar-refractivity contribution in [3.8, 4) is 5.75 Å². The Bertz CT molecular complexity index is 1010. The number of nitrogen functional groups attached to an aromatic ring is 1. The van der Waals surface area contributed by atoms with Gasteiger partial charge in [-0.25, -0.2) is 4.68 Å². The van der Waals surface area contributed by atoms with E-state index in [2.05, 4.69) is 20.9 Å². The monoisotopic (exact) mass is 394 g/mol. The summed E-state index contributed by atoms with van der Waals surface area (Å²) >= 11 is 0. The smallest absolute Gasteiger partial charge is 0.280 e. The summed E-state index contributed by atoms with van der Waals surface area (Å²) in [6.07, 6.45) is 0. The number of anilines is 3. The van der Waals surface area contributed by atoms with Crippen LogP contribution in [0.1, 0.15) is 23.0 Å². The average Bonchev–Trinajstić information content (AvgIpc) is 3.06. The minimum Gasteiger partial charge on any atom is -0.494 e. The largest absolute Gasteiger partial charge is 0.494 e. The van der Waals surface area contributed by atoms with E-state index in [1.54, 1.807) is 30.3 Å². The fraction of sp³-hybridized carbons (Fsp3) is 0.200. The Balaban J connectivity index is 1.64. The van der Waals surface area contributed by atoms with E-state index in [0.29, 0.717) is 23.7 Å². The second-order valence-electron chi connectivity index (χ2n) is 6.26. The number of rotatable bonds is 7. The van der Waals surface area contributed by atoms with E-state index in [1.165, 1.54) is 4.68 Å². The van der Waals surface area contributed by atoms with Crippen LogP contribution in [-0.4, -0.2) is 33.4 Å². The van der Waals surface area contributed by atoms with E-state index in [-0.39, 0.29) is 24.0 Å². The molecule has 9 nitrogen and oxygen atoms in total. The van der Waals surface area contributed by atoms with Gasteiger partial charge in [0.15, 0.2) is 11.5 Å². The Labute approximate surface area is 167 Å². The Morgan fingerprint density at radius 3 is 2.52 bits per heavy atom. The quantitative estimate of drug-likeness (QED) is 0.565. The third-order valence-electron chi connectivity index (χ3n) is 4.12. The van der Waals surface area contributed by atoms with Crippen LogP contribution in [0.25, 0.3) is 0 Å². The molecule has 0 spiro atoms. The van der Waals surface area contributed by atoms with E-state index in [9.17, 15) is 9.59 Å². The molecule has 0 aliphatic rings. The molecular formula is C20H22N6O3. The summed E-state index contributed by atoms with van der Waals surface area (Å²) in [6.45, 7) is 4.18. The second kappa shape index (κ2) is 8.87. The lowest BCUT2D eigenvalue weighted by atomic mass is 10.2. The number of nitrogens with zero attached hydrogens (tertiary/aromatic N) is 3. The number of carbonyl (C=O) groups is 2. The molecule has 3 rings (SSSR count). The van der Waals surface area contributed by atoms with Crippen molar-refractivity contribution in [2.24, 2.45) is 0 Å². The number of aromatic nitrogens is 3. The Morgan fingerprint density at radius 1 is 1.10 bits per heavy atom. The maximum atomic E-state index is 12.4. The Kier molecular flexibility index (Phi) is 6.08. The van der Waals surface area contributed by atoms with Crippen molar-refractivity contribution < 1.29 is 14.3 Å². The van der Waals surface area contributed by atoms with E-state index < -0.39 is 5.91 Å². The van der Waals surface area contributed by atoms with E-state index >= 15 is 0 Å². The first kappa shape index (κ1) is 19.9. The minimum absolute atomic E-state index is 0.00775. The summed E-state index contributed by atoms with van der Waals surface area (Å²) < 4.78 is 6.54. The molecule has 0 atom stereocenters. The first-order valence-electron chi connectivity index (χ1n) is 9.06. The molecule has 2 aromatic carbocycles. The van der Waals surface area contributed by atoms with Crippen molar-refractivity contribution >= 4 is 29.0 Å². The predicted octanol–water partition coefficient (Wildman–Crippen LogP) is 2.46.